The second-order valence-electron chi connectivity index (χ2n) is 4.61. The molecule has 1 saturated heterocycles. The molecule has 1 heterocycles. The standard InChI is InChI=1S/C12H24N2O2/c1-2-6-11(13)12(16)14-8-5-3-4-7-10(14)9-15/h10-11,15H,2-9,13H2,1H3. The minimum atomic E-state index is -0.392. The topological polar surface area (TPSA) is 66.6 Å². The molecule has 0 saturated carbocycles. The van der Waals surface area contributed by atoms with E-state index in [-0.39, 0.29) is 18.6 Å². The van der Waals surface area contributed by atoms with Crippen molar-refractivity contribution >= 4 is 5.91 Å². The summed E-state index contributed by atoms with van der Waals surface area (Å²) in [5.74, 6) is 0.0165. The van der Waals surface area contributed by atoms with Crippen molar-refractivity contribution in [1.82, 2.24) is 4.90 Å². The van der Waals surface area contributed by atoms with Gasteiger partial charge in [-0.15, -0.1) is 0 Å². The van der Waals surface area contributed by atoms with Gasteiger partial charge in [-0.2, -0.15) is 0 Å². The number of carbonyl (C=O) groups is 1. The Kier molecular flexibility index (Phi) is 5.77. The van der Waals surface area contributed by atoms with Crippen LogP contribution in [0.15, 0.2) is 0 Å². The molecule has 2 unspecified atom stereocenters. The number of carbonyl (C=O) groups excluding carboxylic acids is 1. The van der Waals surface area contributed by atoms with Crippen LogP contribution in [0.25, 0.3) is 0 Å². The van der Waals surface area contributed by atoms with Crippen LogP contribution in [0.5, 0.6) is 0 Å². The van der Waals surface area contributed by atoms with Gasteiger partial charge in [0.25, 0.3) is 0 Å². The lowest BCUT2D eigenvalue weighted by molar-refractivity contribution is -0.136. The Labute approximate surface area is 97.8 Å². The molecule has 0 radical (unpaired) electrons. The molecule has 4 nitrogen and oxygen atoms in total. The Balaban J connectivity index is 2.62. The van der Waals surface area contributed by atoms with Crippen LogP contribution in [0, 0.1) is 0 Å². The van der Waals surface area contributed by atoms with E-state index in [1.165, 1.54) is 0 Å². The summed E-state index contributed by atoms with van der Waals surface area (Å²) in [5, 5.41) is 9.31. The summed E-state index contributed by atoms with van der Waals surface area (Å²) in [5.41, 5.74) is 5.85. The molecule has 16 heavy (non-hydrogen) atoms. The van der Waals surface area contributed by atoms with Gasteiger partial charge in [-0.05, 0) is 19.3 Å². The molecule has 1 aliphatic rings. The summed E-state index contributed by atoms with van der Waals surface area (Å²) in [4.78, 5) is 13.9. The van der Waals surface area contributed by atoms with Gasteiger partial charge >= 0.3 is 0 Å². The van der Waals surface area contributed by atoms with Crippen molar-refractivity contribution in [3.63, 3.8) is 0 Å². The Bertz CT molecular complexity index is 221. The Hall–Kier alpha value is -0.610. The largest absolute Gasteiger partial charge is 0.394 e. The first-order valence-corrected chi connectivity index (χ1v) is 6.37. The molecule has 1 amide bonds. The average Bonchev–Trinajstić information content (AvgIpc) is 2.53. The SMILES string of the molecule is CCCC(N)C(=O)N1CCCCCC1CO. The highest BCUT2D eigenvalue weighted by Crippen LogP contribution is 2.17. The summed E-state index contributed by atoms with van der Waals surface area (Å²) in [7, 11) is 0. The van der Waals surface area contributed by atoms with Crippen LogP contribution in [0.3, 0.4) is 0 Å². The summed E-state index contributed by atoms with van der Waals surface area (Å²) in [6.07, 6.45) is 5.82. The number of aliphatic hydroxyl groups is 1. The summed E-state index contributed by atoms with van der Waals surface area (Å²) >= 11 is 0. The zero-order valence-electron chi connectivity index (χ0n) is 10.2. The van der Waals surface area contributed by atoms with Crippen LogP contribution in [0.1, 0.15) is 45.4 Å². The third-order valence-electron chi connectivity index (χ3n) is 3.29. The fourth-order valence-electron chi connectivity index (χ4n) is 2.30. The minimum absolute atomic E-state index is 0.0158. The fourth-order valence-corrected chi connectivity index (χ4v) is 2.30. The number of rotatable bonds is 4. The molecule has 1 rings (SSSR count). The van der Waals surface area contributed by atoms with Crippen molar-refractivity contribution < 1.29 is 9.90 Å². The van der Waals surface area contributed by atoms with Crippen molar-refractivity contribution in [2.75, 3.05) is 13.2 Å². The molecule has 1 aliphatic heterocycles. The van der Waals surface area contributed by atoms with E-state index in [0.717, 1.165) is 45.1 Å². The fraction of sp³-hybridized carbons (Fsp3) is 0.917. The first kappa shape index (κ1) is 13.5. The number of hydrogen-bond acceptors (Lipinski definition) is 3. The van der Waals surface area contributed by atoms with Crippen LogP contribution >= 0.6 is 0 Å². The van der Waals surface area contributed by atoms with Gasteiger partial charge in [0.15, 0.2) is 0 Å². The minimum Gasteiger partial charge on any atom is -0.394 e. The van der Waals surface area contributed by atoms with Gasteiger partial charge in [0.05, 0.1) is 18.7 Å². The van der Waals surface area contributed by atoms with Gasteiger partial charge in [-0.1, -0.05) is 26.2 Å². The molecule has 2 atom stereocenters. The lowest BCUT2D eigenvalue weighted by atomic mass is 10.1. The summed E-state index contributed by atoms with van der Waals surface area (Å²) in [6.45, 7) is 2.84. The highest BCUT2D eigenvalue weighted by atomic mass is 16.3. The highest BCUT2D eigenvalue weighted by molar-refractivity contribution is 5.82. The maximum absolute atomic E-state index is 12.1. The third kappa shape index (κ3) is 3.46. The summed E-state index contributed by atoms with van der Waals surface area (Å²) < 4.78 is 0. The second-order valence-corrected chi connectivity index (χ2v) is 4.61. The maximum atomic E-state index is 12.1. The van der Waals surface area contributed by atoms with Gasteiger partial charge in [0.2, 0.25) is 5.91 Å². The first-order chi connectivity index (χ1) is 7.70. The van der Waals surface area contributed by atoms with Crippen LogP contribution in [-0.2, 0) is 4.79 Å². The molecule has 4 heteroatoms. The van der Waals surface area contributed by atoms with E-state index < -0.39 is 6.04 Å². The highest BCUT2D eigenvalue weighted by Gasteiger charge is 2.27. The zero-order valence-corrected chi connectivity index (χ0v) is 10.2. The molecule has 94 valence electrons. The number of nitrogens with two attached hydrogens (primary N) is 1. The molecule has 1 fully saturated rings. The monoisotopic (exact) mass is 228 g/mol. The number of amides is 1. The van der Waals surface area contributed by atoms with Gasteiger partial charge < -0.3 is 15.7 Å². The van der Waals surface area contributed by atoms with Gasteiger partial charge in [-0.25, -0.2) is 0 Å². The quantitative estimate of drug-likeness (QED) is 0.750. The molecule has 3 N–H and O–H groups in total. The number of nitrogens with zero attached hydrogens (tertiary/aromatic N) is 1. The van der Waals surface area contributed by atoms with Crippen LogP contribution in [0.4, 0.5) is 0 Å². The lowest BCUT2D eigenvalue weighted by Gasteiger charge is -2.30. The Morgan fingerprint density at radius 3 is 2.88 bits per heavy atom. The van der Waals surface area contributed by atoms with Crippen molar-refractivity contribution in [2.24, 2.45) is 5.73 Å². The number of aliphatic hydroxyl groups excluding tert-OH is 1. The van der Waals surface area contributed by atoms with E-state index >= 15 is 0 Å². The molecule has 0 aliphatic carbocycles. The van der Waals surface area contributed by atoms with E-state index in [1.54, 1.807) is 4.90 Å². The van der Waals surface area contributed by atoms with Crippen LogP contribution in [0.2, 0.25) is 0 Å². The maximum Gasteiger partial charge on any atom is 0.239 e. The van der Waals surface area contributed by atoms with Gasteiger partial charge in [-0.3, -0.25) is 4.79 Å². The predicted molar refractivity (Wildman–Crippen MR) is 63.9 cm³/mol. The van der Waals surface area contributed by atoms with Gasteiger partial charge in [0, 0.05) is 6.54 Å². The molecule has 0 aromatic carbocycles. The first-order valence-electron chi connectivity index (χ1n) is 6.37. The Morgan fingerprint density at radius 1 is 1.50 bits per heavy atom. The number of likely N-dealkylation sites (tertiary alicyclic amines) is 1. The summed E-state index contributed by atoms with van der Waals surface area (Å²) in [6, 6.07) is -0.407. The van der Waals surface area contributed by atoms with E-state index in [1.807, 2.05) is 6.92 Å². The second kappa shape index (κ2) is 6.86. The van der Waals surface area contributed by atoms with Crippen molar-refractivity contribution in [1.29, 1.82) is 0 Å². The third-order valence-corrected chi connectivity index (χ3v) is 3.29. The van der Waals surface area contributed by atoms with Crippen LogP contribution < -0.4 is 5.73 Å². The number of hydrogen-bond donors (Lipinski definition) is 2. The van der Waals surface area contributed by atoms with Crippen LogP contribution in [-0.4, -0.2) is 41.1 Å². The van der Waals surface area contributed by atoms with Crippen molar-refractivity contribution in [2.45, 2.75) is 57.5 Å². The normalized spacial score (nSPS) is 23.9. The molecular weight excluding hydrogens is 204 g/mol. The predicted octanol–water partition coefficient (Wildman–Crippen LogP) is 0.877. The van der Waals surface area contributed by atoms with E-state index in [2.05, 4.69) is 0 Å². The molecule has 0 aromatic heterocycles. The molecule has 0 bridgehead atoms. The molecule has 0 spiro atoms. The molecule has 0 aromatic rings. The van der Waals surface area contributed by atoms with E-state index in [9.17, 15) is 9.90 Å². The average molecular weight is 228 g/mol. The van der Waals surface area contributed by atoms with E-state index in [4.69, 9.17) is 5.73 Å². The lowest BCUT2D eigenvalue weighted by Crippen LogP contribution is -2.49. The van der Waals surface area contributed by atoms with Crippen molar-refractivity contribution in [3.8, 4) is 0 Å². The Morgan fingerprint density at radius 2 is 2.25 bits per heavy atom. The van der Waals surface area contributed by atoms with Gasteiger partial charge in [0.1, 0.15) is 0 Å². The van der Waals surface area contributed by atoms with Crippen molar-refractivity contribution in [3.05, 3.63) is 0 Å². The molecular formula is C12H24N2O2. The smallest absolute Gasteiger partial charge is 0.239 e. The zero-order chi connectivity index (χ0) is 12.0. The van der Waals surface area contributed by atoms with E-state index in [0.29, 0.717) is 0 Å².